The van der Waals surface area contributed by atoms with Gasteiger partial charge in [0.05, 0.1) is 5.69 Å². The average molecular weight is 357 g/mol. The largest absolute Gasteiger partial charge is 0.302 e. The van der Waals surface area contributed by atoms with Crippen molar-refractivity contribution < 1.29 is 4.79 Å². The molecule has 0 bridgehead atoms. The Balaban J connectivity index is 1.57. The van der Waals surface area contributed by atoms with E-state index in [2.05, 4.69) is 10.3 Å². The molecule has 2 aromatic carbocycles. The molecule has 1 N–H and O–H groups in total. The van der Waals surface area contributed by atoms with E-state index in [4.69, 9.17) is 11.6 Å². The molecule has 0 saturated heterocycles. The highest BCUT2D eigenvalue weighted by Gasteiger charge is 2.08. The van der Waals surface area contributed by atoms with Crippen LogP contribution >= 0.6 is 22.9 Å². The third-order valence-corrected chi connectivity index (χ3v) is 4.86. The molecule has 0 fully saturated rings. The molecule has 0 aliphatic heterocycles. The SMILES string of the molecule is Cc1ccc(CCC(=O)Nc2nc(-c3ccccc3)cs2)cc1Cl. The maximum atomic E-state index is 12.1. The van der Waals surface area contributed by atoms with Gasteiger partial charge in [-0.25, -0.2) is 4.98 Å². The van der Waals surface area contributed by atoms with Crippen LogP contribution in [0.15, 0.2) is 53.9 Å². The topological polar surface area (TPSA) is 42.0 Å². The van der Waals surface area contributed by atoms with Crippen LogP contribution in [0.5, 0.6) is 0 Å². The first kappa shape index (κ1) is 16.7. The van der Waals surface area contributed by atoms with E-state index in [1.54, 1.807) is 0 Å². The summed E-state index contributed by atoms with van der Waals surface area (Å²) in [6.07, 6.45) is 1.06. The minimum Gasteiger partial charge on any atom is -0.302 e. The Hall–Kier alpha value is -2.17. The molecule has 24 heavy (non-hydrogen) atoms. The number of benzene rings is 2. The van der Waals surface area contributed by atoms with Crippen molar-refractivity contribution in [3.05, 3.63) is 70.1 Å². The summed E-state index contributed by atoms with van der Waals surface area (Å²) in [5, 5.41) is 6.18. The lowest BCUT2D eigenvalue weighted by molar-refractivity contribution is -0.116. The van der Waals surface area contributed by atoms with Crippen LogP contribution in [0.4, 0.5) is 5.13 Å². The second-order valence-electron chi connectivity index (χ2n) is 5.54. The number of nitrogens with one attached hydrogen (secondary N) is 1. The highest BCUT2D eigenvalue weighted by molar-refractivity contribution is 7.14. The average Bonchev–Trinajstić information content (AvgIpc) is 3.05. The molecule has 0 aliphatic carbocycles. The zero-order valence-corrected chi connectivity index (χ0v) is 14.8. The molecule has 1 heterocycles. The lowest BCUT2D eigenvalue weighted by Crippen LogP contribution is -2.12. The number of nitrogens with zero attached hydrogens (tertiary/aromatic N) is 1. The van der Waals surface area contributed by atoms with E-state index in [0.717, 1.165) is 27.4 Å². The maximum absolute atomic E-state index is 12.1. The second-order valence-corrected chi connectivity index (χ2v) is 6.80. The Labute approximate surface area is 150 Å². The van der Waals surface area contributed by atoms with Crippen molar-refractivity contribution in [2.45, 2.75) is 19.8 Å². The molecule has 0 saturated carbocycles. The van der Waals surface area contributed by atoms with E-state index in [1.807, 2.05) is 60.8 Å². The zero-order valence-electron chi connectivity index (χ0n) is 13.3. The minimum atomic E-state index is -0.0411. The van der Waals surface area contributed by atoms with Crippen LogP contribution in [0.1, 0.15) is 17.5 Å². The van der Waals surface area contributed by atoms with Crippen LogP contribution in [0.2, 0.25) is 5.02 Å². The number of rotatable bonds is 5. The summed E-state index contributed by atoms with van der Waals surface area (Å²) >= 11 is 7.55. The molecule has 0 spiro atoms. The Morgan fingerprint density at radius 1 is 1.21 bits per heavy atom. The van der Waals surface area contributed by atoms with Crippen LogP contribution in [-0.4, -0.2) is 10.9 Å². The standard InChI is InChI=1S/C19H17ClN2OS/c1-13-7-8-14(11-16(13)20)9-10-18(23)22-19-21-17(12-24-19)15-5-3-2-4-6-15/h2-8,11-12H,9-10H2,1H3,(H,21,22,23). The van der Waals surface area contributed by atoms with Gasteiger partial charge < -0.3 is 5.32 Å². The monoisotopic (exact) mass is 356 g/mol. The molecule has 3 nitrogen and oxygen atoms in total. The van der Waals surface area contributed by atoms with Gasteiger partial charge >= 0.3 is 0 Å². The molecule has 1 amide bonds. The summed E-state index contributed by atoms with van der Waals surface area (Å²) in [4.78, 5) is 16.6. The molecule has 3 aromatic rings. The molecule has 0 aliphatic rings. The maximum Gasteiger partial charge on any atom is 0.226 e. The molecule has 1 aromatic heterocycles. The van der Waals surface area contributed by atoms with E-state index in [1.165, 1.54) is 11.3 Å². The summed E-state index contributed by atoms with van der Waals surface area (Å²) in [6, 6.07) is 15.8. The van der Waals surface area contributed by atoms with E-state index >= 15 is 0 Å². The van der Waals surface area contributed by atoms with Crippen molar-refractivity contribution in [3.8, 4) is 11.3 Å². The number of hydrogen-bond acceptors (Lipinski definition) is 3. The van der Waals surface area contributed by atoms with Crippen molar-refractivity contribution in [1.82, 2.24) is 4.98 Å². The normalized spacial score (nSPS) is 10.6. The molecular formula is C19H17ClN2OS. The molecular weight excluding hydrogens is 340 g/mol. The van der Waals surface area contributed by atoms with Gasteiger partial charge in [-0.2, -0.15) is 0 Å². The van der Waals surface area contributed by atoms with Crippen molar-refractivity contribution >= 4 is 34.0 Å². The van der Waals surface area contributed by atoms with Gasteiger partial charge in [0.25, 0.3) is 0 Å². The second kappa shape index (κ2) is 7.60. The number of carbonyl (C=O) groups is 1. The number of hydrogen-bond donors (Lipinski definition) is 1. The number of halogens is 1. The van der Waals surface area contributed by atoms with Crippen LogP contribution in [0.3, 0.4) is 0 Å². The number of carbonyl (C=O) groups excluding carboxylic acids is 1. The van der Waals surface area contributed by atoms with Gasteiger partial charge in [-0.15, -0.1) is 11.3 Å². The summed E-state index contributed by atoms with van der Waals surface area (Å²) in [5.41, 5.74) is 4.02. The number of thiazole rings is 1. The van der Waals surface area contributed by atoms with Gasteiger partial charge in [0.1, 0.15) is 0 Å². The summed E-state index contributed by atoms with van der Waals surface area (Å²) in [7, 11) is 0. The fourth-order valence-corrected chi connectivity index (χ4v) is 3.24. The van der Waals surface area contributed by atoms with Crippen molar-refractivity contribution in [1.29, 1.82) is 0 Å². The Morgan fingerprint density at radius 2 is 2.00 bits per heavy atom. The number of aryl methyl sites for hydroxylation is 2. The fraction of sp³-hybridized carbons (Fsp3) is 0.158. The van der Waals surface area contributed by atoms with E-state index < -0.39 is 0 Å². The third kappa shape index (κ3) is 4.22. The van der Waals surface area contributed by atoms with E-state index in [9.17, 15) is 4.79 Å². The molecule has 3 rings (SSSR count). The van der Waals surface area contributed by atoms with Crippen LogP contribution in [-0.2, 0) is 11.2 Å². The quantitative estimate of drug-likeness (QED) is 0.670. The minimum absolute atomic E-state index is 0.0411. The molecule has 122 valence electrons. The highest BCUT2D eigenvalue weighted by atomic mass is 35.5. The zero-order chi connectivity index (χ0) is 16.9. The van der Waals surface area contributed by atoms with Gasteiger partial charge in [0.2, 0.25) is 5.91 Å². The van der Waals surface area contributed by atoms with Crippen LogP contribution in [0.25, 0.3) is 11.3 Å². The fourth-order valence-electron chi connectivity index (χ4n) is 2.30. The van der Waals surface area contributed by atoms with Gasteiger partial charge in [-0.1, -0.05) is 54.1 Å². The first-order valence-corrected chi connectivity index (χ1v) is 8.93. The van der Waals surface area contributed by atoms with Crippen LogP contribution in [0, 0.1) is 6.92 Å². The van der Waals surface area contributed by atoms with E-state index in [-0.39, 0.29) is 5.91 Å². The predicted molar refractivity (Wildman–Crippen MR) is 101 cm³/mol. The molecule has 5 heteroatoms. The molecule has 0 radical (unpaired) electrons. The van der Waals surface area contributed by atoms with Gasteiger partial charge in [-0.3, -0.25) is 4.79 Å². The first-order valence-electron chi connectivity index (χ1n) is 7.67. The lowest BCUT2D eigenvalue weighted by atomic mass is 10.1. The van der Waals surface area contributed by atoms with Gasteiger partial charge in [-0.05, 0) is 30.5 Å². The predicted octanol–water partition coefficient (Wildman–Crippen LogP) is 5.34. The highest BCUT2D eigenvalue weighted by Crippen LogP contribution is 2.24. The smallest absolute Gasteiger partial charge is 0.226 e. The molecule has 0 unspecified atom stereocenters. The third-order valence-electron chi connectivity index (χ3n) is 3.70. The summed E-state index contributed by atoms with van der Waals surface area (Å²) in [5.74, 6) is -0.0411. The van der Waals surface area contributed by atoms with Crippen molar-refractivity contribution in [2.75, 3.05) is 5.32 Å². The number of amides is 1. The Kier molecular flexibility index (Phi) is 5.28. The van der Waals surface area contributed by atoms with E-state index in [0.29, 0.717) is 18.0 Å². The summed E-state index contributed by atoms with van der Waals surface area (Å²) in [6.45, 7) is 1.96. The van der Waals surface area contributed by atoms with Crippen molar-refractivity contribution in [2.24, 2.45) is 0 Å². The van der Waals surface area contributed by atoms with Crippen LogP contribution < -0.4 is 5.32 Å². The number of anilines is 1. The Bertz CT molecular complexity index is 846. The van der Waals surface area contributed by atoms with Gasteiger partial charge in [0.15, 0.2) is 5.13 Å². The first-order chi connectivity index (χ1) is 11.6. The van der Waals surface area contributed by atoms with Gasteiger partial charge in [0, 0.05) is 22.4 Å². The Morgan fingerprint density at radius 3 is 2.75 bits per heavy atom. The lowest BCUT2D eigenvalue weighted by Gasteiger charge is -2.04. The summed E-state index contributed by atoms with van der Waals surface area (Å²) < 4.78 is 0. The number of aromatic nitrogens is 1. The molecule has 0 atom stereocenters. The van der Waals surface area contributed by atoms with Crippen molar-refractivity contribution in [3.63, 3.8) is 0 Å².